The summed E-state index contributed by atoms with van der Waals surface area (Å²) in [4.78, 5) is 12.6. The topological polar surface area (TPSA) is 66.5 Å². The van der Waals surface area contributed by atoms with Crippen LogP contribution < -0.4 is 5.32 Å². The number of benzene rings is 1. The number of piperidine rings is 1. The standard InChI is InChI=1S/C19H24N2O3S2/c1-14-8-9-15(2)17(12-14)20-18(22)13-16-6-3-4-10-21(16)26(23,24)19-7-5-11-25-19/h5,7-9,11-12,16H,3-4,6,10,13H2,1-2H3,(H,20,22)/t16-/m1/s1. The first-order chi connectivity index (χ1) is 12.4. The van der Waals surface area contributed by atoms with Crippen LogP contribution in [0.5, 0.6) is 0 Å². The van der Waals surface area contributed by atoms with Gasteiger partial charge in [-0.2, -0.15) is 4.31 Å². The maximum absolute atomic E-state index is 12.9. The monoisotopic (exact) mass is 392 g/mol. The number of amides is 1. The minimum Gasteiger partial charge on any atom is -0.326 e. The molecule has 0 bridgehead atoms. The van der Waals surface area contributed by atoms with Crippen LogP contribution >= 0.6 is 11.3 Å². The van der Waals surface area contributed by atoms with E-state index in [2.05, 4.69) is 5.32 Å². The lowest BCUT2D eigenvalue weighted by Crippen LogP contribution is -2.45. The number of hydrogen-bond donors (Lipinski definition) is 1. The Bertz CT molecular complexity index is 876. The van der Waals surface area contributed by atoms with Crippen molar-refractivity contribution in [2.75, 3.05) is 11.9 Å². The highest BCUT2D eigenvalue weighted by Crippen LogP contribution is 2.29. The predicted molar refractivity (Wildman–Crippen MR) is 105 cm³/mol. The number of aryl methyl sites for hydroxylation is 2. The van der Waals surface area contributed by atoms with Crippen molar-refractivity contribution in [3.8, 4) is 0 Å². The van der Waals surface area contributed by atoms with Crippen LogP contribution in [0.4, 0.5) is 5.69 Å². The zero-order valence-corrected chi connectivity index (χ0v) is 16.7. The quantitative estimate of drug-likeness (QED) is 0.838. The minimum atomic E-state index is -3.53. The van der Waals surface area contributed by atoms with Gasteiger partial charge in [-0.25, -0.2) is 8.42 Å². The summed E-state index contributed by atoms with van der Waals surface area (Å²) in [6.45, 7) is 4.40. The molecule has 1 saturated heterocycles. The third-order valence-corrected chi connectivity index (χ3v) is 8.04. The third kappa shape index (κ3) is 4.16. The summed E-state index contributed by atoms with van der Waals surface area (Å²) in [6.07, 6.45) is 2.67. The molecule has 3 rings (SSSR count). The maximum Gasteiger partial charge on any atom is 0.252 e. The van der Waals surface area contributed by atoms with E-state index in [-0.39, 0.29) is 18.4 Å². The van der Waals surface area contributed by atoms with Crippen LogP contribution in [-0.2, 0) is 14.8 Å². The summed E-state index contributed by atoms with van der Waals surface area (Å²) in [5.41, 5.74) is 2.86. The molecule has 5 nitrogen and oxygen atoms in total. The molecule has 1 aliphatic rings. The van der Waals surface area contributed by atoms with Gasteiger partial charge in [-0.3, -0.25) is 4.79 Å². The van der Waals surface area contributed by atoms with Gasteiger partial charge in [0.1, 0.15) is 4.21 Å². The SMILES string of the molecule is Cc1ccc(C)c(NC(=O)C[C@H]2CCCCN2S(=O)(=O)c2cccs2)c1. The molecule has 2 heterocycles. The first kappa shape index (κ1) is 19.1. The Labute approximate surface area is 159 Å². The third-order valence-electron chi connectivity index (χ3n) is 4.72. The molecule has 1 aromatic heterocycles. The molecule has 0 aliphatic carbocycles. The summed E-state index contributed by atoms with van der Waals surface area (Å²) in [5.74, 6) is -0.142. The van der Waals surface area contributed by atoms with Crippen molar-refractivity contribution in [3.63, 3.8) is 0 Å². The molecule has 140 valence electrons. The summed E-state index contributed by atoms with van der Waals surface area (Å²) in [6, 6.07) is 8.99. The molecule has 1 N–H and O–H groups in total. The number of thiophene rings is 1. The second kappa shape index (κ2) is 7.90. The lowest BCUT2D eigenvalue weighted by molar-refractivity contribution is -0.117. The van der Waals surface area contributed by atoms with Crippen LogP contribution in [-0.4, -0.2) is 31.2 Å². The van der Waals surface area contributed by atoms with Crippen molar-refractivity contribution in [2.24, 2.45) is 0 Å². The van der Waals surface area contributed by atoms with Crippen LogP contribution in [0.1, 0.15) is 36.8 Å². The van der Waals surface area contributed by atoms with E-state index in [1.807, 2.05) is 32.0 Å². The van der Waals surface area contributed by atoms with Crippen LogP contribution in [0.25, 0.3) is 0 Å². The van der Waals surface area contributed by atoms with Crippen molar-refractivity contribution < 1.29 is 13.2 Å². The van der Waals surface area contributed by atoms with Crippen LogP contribution in [0.15, 0.2) is 39.9 Å². The first-order valence-electron chi connectivity index (χ1n) is 8.80. The highest BCUT2D eigenvalue weighted by Gasteiger charge is 2.35. The highest BCUT2D eigenvalue weighted by atomic mass is 32.2. The van der Waals surface area contributed by atoms with Gasteiger partial charge >= 0.3 is 0 Å². The van der Waals surface area contributed by atoms with Gasteiger partial charge in [-0.1, -0.05) is 24.6 Å². The molecule has 1 amide bonds. The number of anilines is 1. The van der Waals surface area contributed by atoms with E-state index < -0.39 is 10.0 Å². The molecule has 1 fully saturated rings. The van der Waals surface area contributed by atoms with Crippen LogP contribution in [0, 0.1) is 13.8 Å². The molecule has 7 heteroatoms. The highest BCUT2D eigenvalue weighted by molar-refractivity contribution is 7.91. The van der Waals surface area contributed by atoms with Gasteiger partial charge in [0.2, 0.25) is 5.91 Å². The Morgan fingerprint density at radius 1 is 1.27 bits per heavy atom. The molecule has 0 radical (unpaired) electrons. The maximum atomic E-state index is 12.9. The van der Waals surface area contributed by atoms with E-state index >= 15 is 0 Å². The number of nitrogens with one attached hydrogen (secondary N) is 1. The second-order valence-corrected chi connectivity index (χ2v) is 9.83. The van der Waals surface area contributed by atoms with Gasteiger partial charge in [0, 0.05) is 24.7 Å². The Balaban J connectivity index is 1.74. The summed E-state index contributed by atoms with van der Waals surface area (Å²) < 4.78 is 27.7. The predicted octanol–water partition coefficient (Wildman–Crippen LogP) is 3.94. The Morgan fingerprint density at radius 3 is 2.81 bits per heavy atom. The molecule has 1 aliphatic heterocycles. The second-order valence-electron chi connectivity index (χ2n) is 6.77. The molecule has 0 spiro atoms. The first-order valence-corrected chi connectivity index (χ1v) is 11.1. The molecular formula is C19H24N2O3S2. The molecule has 1 aromatic carbocycles. The van der Waals surface area contributed by atoms with Crippen molar-refractivity contribution in [1.29, 1.82) is 0 Å². The smallest absolute Gasteiger partial charge is 0.252 e. The van der Waals surface area contributed by atoms with Crippen molar-refractivity contribution in [3.05, 3.63) is 46.8 Å². The molecule has 0 unspecified atom stereocenters. The van der Waals surface area contributed by atoms with Crippen LogP contribution in [0.3, 0.4) is 0 Å². The Morgan fingerprint density at radius 2 is 2.08 bits per heavy atom. The van der Waals surface area contributed by atoms with Gasteiger partial charge in [0.05, 0.1) is 0 Å². The zero-order chi connectivity index (χ0) is 18.7. The van der Waals surface area contributed by atoms with Gasteiger partial charge in [0.15, 0.2) is 0 Å². The fourth-order valence-corrected chi connectivity index (χ4v) is 6.12. The largest absolute Gasteiger partial charge is 0.326 e. The number of hydrogen-bond acceptors (Lipinski definition) is 4. The molecule has 2 aromatic rings. The van der Waals surface area contributed by atoms with Gasteiger partial charge in [-0.05, 0) is 55.3 Å². The minimum absolute atomic E-state index is 0.142. The van der Waals surface area contributed by atoms with Crippen LogP contribution in [0.2, 0.25) is 0 Å². The summed E-state index contributed by atoms with van der Waals surface area (Å²) >= 11 is 1.22. The lowest BCUT2D eigenvalue weighted by atomic mass is 10.0. The number of sulfonamides is 1. The summed E-state index contributed by atoms with van der Waals surface area (Å²) in [5, 5.41) is 4.71. The van der Waals surface area contributed by atoms with E-state index in [4.69, 9.17) is 0 Å². The van der Waals surface area contributed by atoms with E-state index in [1.54, 1.807) is 17.5 Å². The van der Waals surface area contributed by atoms with Gasteiger partial charge in [0.25, 0.3) is 10.0 Å². The van der Waals surface area contributed by atoms with E-state index in [9.17, 15) is 13.2 Å². The van der Waals surface area contributed by atoms with Crippen molar-refractivity contribution in [1.82, 2.24) is 4.31 Å². The summed E-state index contributed by atoms with van der Waals surface area (Å²) in [7, 11) is -3.53. The van der Waals surface area contributed by atoms with E-state index in [0.29, 0.717) is 17.2 Å². The molecule has 1 atom stereocenters. The Kier molecular flexibility index (Phi) is 5.79. The average molecular weight is 393 g/mol. The number of carbonyl (C=O) groups excluding carboxylic acids is 1. The number of rotatable bonds is 5. The zero-order valence-electron chi connectivity index (χ0n) is 15.1. The molecule has 26 heavy (non-hydrogen) atoms. The fraction of sp³-hybridized carbons (Fsp3) is 0.421. The number of carbonyl (C=O) groups is 1. The average Bonchev–Trinajstić information content (AvgIpc) is 3.14. The fourth-order valence-electron chi connectivity index (χ4n) is 3.31. The number of nitrogens with zero attached hydrogens (tertiary/aromatic N) is 1. The van der Waals surface area contributed by atoms with Crippen molar-refractivity contribution >= 4 is 33.0 Å². The van der Waals surface area contributed by atoms with E-state index in [0.717, 1.165) is 29.7 Å². The van der Waals surface area contributed by atoms with E-state index in [1.165, 1.54) is 15.6 Å². The van der Waals surface area contributed by atoms with Crippen molar-refractivity contribution in [2.45, 2.75) is 49.8 Å². The molecule has 0 saturated carbocycles. The van der Waals surface area contributed by atoms with Gasteiger partial charge < -0.3 is 5.32 Å². The van der Waals surface area contributed by atoms with Gasteiger partial charge in [-0.15, -0.1) is 11.3 Å². The normalized spacial score (nSPS) is 18.6. The molecular weight excluding hydrogens is 368 g/mol. The lowest BCUT2D eigenvalue weighted by Gasteiger charge is -2.34. The Hall–Kier alpha value is -1.70.